The minimum absolute atomic E-state index is 0.0456. The Morgan fingerprint density at radius 2 is 1.86 bits per heavy atom. The third kappa shape index (κ3) is 4.52. The molecule has 0 fully saturated rings. The van der Waals surface area contributed by atoms with E-state index < -0.39 is 0 Å². The molecule has 0 aliphatic heterocycles. The van der Waals surface area contributed by atoms with Gasteiger partial charge in [-0.2, -0.15) is 5.10 Å². The van der Waals surface area contributed by atoms with Gasteiger partial charge in [-0.05, 0) is 17.5 Å². The number of carbonyl (C=O) groups excluding carboxylic acids is 1. The van der Waals surface area contributed by atoms with E-state index in [2.05, 4.69) is 10.4 Å². The summed E-state index contributed by atoms with van der Waals surface area (Å²) in [5.74, 6) is 2.06. The summed E-state index contributed by atoms with van der Waals surface area (Å²) in [6.45, 7) is 2.50. The van der Waals surface area contributed by atoms with Crippen LogP contribution in [-0.2, 0) is 11.3 Å². The fourth-order valence-electron chi connectivity index (χ4n) is 3.18. The Morgan fingerprint density at radius 1 is 1.07 bits per heavy atom. The van der Waals surface area contributed by atoms with Crippen LogP contribution in [0.3, 0.4) is 0 Å². The topological polar surface area (TPSA) is 65.4 Å². The van der Waals surface area contributed by atoms with Gasteiger partial charge in [-0.25, -0.2) is 4.68 Å². The van der Waals surface area contributed by atoms with Gasteiger partial charge >= 0.3 is 0 Å². The molecule has 1 atom stereocenters. The van der Waals surface area contributed by atoms with E-state index in [4.69, 9.17) is 9.47 Å². The normalized spacial score (nSPS) is 11.7. The second-order valence-electron chi connectivity index (χ2n) is 6.59. The summed E-state index contributed by atoms with van der Waals surface area (Å²) >= 11 is 0. The van der Waals surface area contributed by atoms with E-state index in [0.29, 0.717) is 30.3 Å². The maximum absolute atomic E-state index is 12.5. The van der Waals surface area contributed by atoms with Crippen molar-refractivity contribution >= 4 is 11.7 Å². The Hall–Kier alpha value is -3.28. The molecule has 6 heteroatoms. The third-order valence-corrected chi connectivity index (χ3v) is 4.65. The van der Waals surface area contributed by atoms with Gasteiger partial charge in [-0.3, -0.25) is 4.79 Å². The van der Waals surface area contributed by atoms with Gasteiger partial charge in [-0.1, -0.05) is 49.4 Å². The number of para-hydroxylation sites is 1. The minimum atomic E-state index is -0.0456. The van der Waals surface area contributed by atoms with Gasteiger partial charge in [0.1, 0.15) is 5.82 Å². The first kappa shape index (κ1) is 19.5. The van der Waals surface area contributed by atoms with E-state index >= 15 is 0 Å². The number of rotatable bonds is 8. The monoisotopic (exact) mass is 379 g/mol. The van der Waals surface area contributed by atoms with Gasteiger partial charge in [-0.15, -0.1) is 0 Å². The highest BCUT2D eigenvalue weighted by molar-refractivity contribution is 5.90. The van der Waals surface area contributed by atoms with Crippen molar-refractivity contribution in [1.29, 1.82) is 0 Å². The molecule has 0 aliphatic rings. The largest absolute Gasteiger partial charge is 0.493 e. The molecule has 1 aromatic heterocycles. The number of aromatic nitrogens is 2. The van der Waals surface area contributed by atoms with Crippen molar-refractivity contribution in [3.63, 3.8) is 0 Å². The first-order valence-corrected chi connectivity index (χ1v) is 9.18. The van der Waals surface area contributed by atoms with Crippen molar-refractivity contribution in [2.75, 3.05) is 19.5 Å². The molecule has 0 spiro atoms. The van der Waals surface area contributed by atoms with Crippen molar-refractivity contribution in [3.8, 4) is 11.5 Å². The summed E-state index contributed by atoms with van der Waals surface area (Å²) in [6.07, 6.45) is 2.07. The van der Waals surface area contributed by atoms with E-state index in [1.54, 1.807) is 31.2 Å². The smallest absolute Gasteiger partial charge is 0.226 e. The number of carbonyl (C=O) groups is 1. The van der Waals surface area contributed by atoms with Crippen LogP contribution in [0.25, 0.3) is 0 Å². The molecule has 1 N–H and O–H groups in total. The molecule has 1 amide bonds. The molecular formula is C22H25N3O3. The SMILES string of the molecule is COc1cccc(Cn2nccc2NC(=O)CC(C)c2ccccc2)c1OC. The van der Waals surface area contributed by atoms with Crippen molar-refractivity contribution in [2.45, 2.75) is 25.8 Å². The lowest BCUT2D eigenvalue weighted by atomic mass is 9.98. The minimum Gasteiger partial charge on any atom is -0.493 e. The summed E-state index contributed by atoms with van der Waals surface area (Å²) in [6, 6.07) is 17.5. The molecule has 3 rings (SSSR count). The van der Waals surface area contributed by atoms with Crippen LogP contribution in [0.4, 0.5) is 5.82 Å². The van der Waals surface area contributed by atoms with Gasteiger partial charge in [0.05, 0.1) is 27.0 Å². The van der Waals surface area contributed by atoms with Crippen molar-refractivity contribution in [2.24, 2.45) is 0 Å². The fraction of sp³-hybridized carbons (Fsp3) is 0.273. The number of anilines is 1. The molecule has 3 aromatic rings. The zero-order chi connectivity index (χ0) is 19.9. The van der Waals surface area contributed by atoms with Crippen LogP contribution in [0.1, 0.15) is 30.4 Å². The molecule has 0 saturated carbocycles. The van der Waals surface area contributed by atoms with Crippen molar-refractivity contribution in [3.05, 3.63) is 71.9 Å². The Balaban J connectivity index is 1.70. The van der Waals surface area contributed by atoms with Crippen LogP contribution in [0.2, 0.25) is 0 Å². The number of ether oxygens (including phenoxy) is 2. The second kappa shape index (κ2) is 9.08. The van der Waals surface area contributed by atoms with Gasteiger partial charge in [0, 0.05) is 18.1 Å². The molecule has 6 nitrogen and oxygen atoms in total. The lowest BCUT2D eigenvalue weighted by Gasteiger charge is -2.15. The van der Waals surface area contributed by atoms with Gasteiger partial charge in [0.2, 0.25) is 5.91 Å². The molecule has 0 aliphatic carbocycles. The van der Waals surface area contributed by atoms with E-state index in [-0.39, 0.29) is 11.8 Å². The van der Waals surface area contributed by atoms with Crippen LogP contribution in [0.15, 0.2) is 60.8 Å². The lowest BCUT2D eigenvalue weighted by molar-refractivity contribution is -0.116. The van der Waals surface area contributed by atoms with E-state index in [0.717, 1.165) is 11.1 Å². The van der Waals surface area contributed by atoms with Crippen molar-refractivity contribution < 1.29 is 14.3 Å². The number of amides is 1. The quantitative estimate of drug-likeness (QED) is 0.640. The molecule has 2 aromatic carbocycles. The summed E-state index contributed by atoms with van der Waals surface area (Å²) in [7, 11) is 3.22. The third-order valence-electron chi connectivity index (χ3n) is 4.65. The number of nitrogens with zero attached hydrogens (tertiary/aromatic N) is 2. The Kier molecular flexibility index (Phi) is 6.32. The number of methoxy groups -OCH3 is 2. The first-order valence-electron chi connectivity index (χ1n) is 9.18. The molecule has 0 bridgehead atoms. The maximum Gasteiger partial charge on any atom is 0.226 e. The number of benzene rings is 2. The van der Waals surface area contributed by atoms with E-state index in [9.17, 15) is 4.79 Å². The molecule has 1 unspecified atom stereocenters. The molecule has 0 radical (unpaired) electrons. The average Bonchev–Trinajstić information content (AvgIpc) is 3.14. The average molecular weight is 379 g/mol. The van der Waals surface area contributed by atoms with Crippen LogP contribution in [-0.4, -0.2) is 29.9 Å². The zero-order valence-electron chi connectivity index (χ0n) is 16.4. The summed E-state index contributed by atoms with van der Waals surface area (Å²) in [5, 5.41) is 7.31. The van der Waals surface area contributed by atoms with Gasteiger partial charge < -0.3 is 14.8 Å². The summed E-state index contributed by atoms with van der Waals surface area (Å²) in [4.78, 5) is 12.5. The summed E-state index contributed by atoms with van der Waals surface area (Å²) in [5.41, 5.74) is 2.06. The van der Waals surface area contributed by atoms with Crippen LogP contribution in [0, 0.1) is 0 Å². The highest BCUT2D eigenvalue weighted by Gasteiger charge is 2.15. The summed E-state index contributed by atoms with van der Waals surface area (Å²) < 4.78 is 12.6. The van der Waals surface area contributed by atoms with Gasteiger partial charge in [0.15, 0.2) is 11.5 Å². The number of nitrogens with one attached hydrogen (secondary N) is 1. The Morgan fingerprint density at radius 3 is 2.57 bits per heavy atom. The van der Waals surface area contributed by atoms with Gasteiger partial charge in [0.25, 0.3) is 0 Å². The predicted molar refractivity (Wildman–Crippen MR) is 109 cm³/mol. The number of hydrogen-bond donors (Lipinski definition) is 1. The molecule has 28 heavy (non-hydrogen) atoms. The van der Waals surface area contributed by atoms with E-state index in [1.165, 1.54) is 0 Å². The zero-order valence-corrected chi connectivity index (χ0v) is 16.4. The second-order valence-corrected chi connectivity index (χ2v) is 6.59. The molecule has 1 heterocycles. The van der Waals surface area contributed by atoms with E-state index in [1.807, 2.05) is 55.5 Å². The van der Waals surface area contributed by atoms with Crippen LogP contribution < -0.4 is 14.8 Å². The molecule has 0 saturated heterocycles. The molecular weight excluding hydrogens is 354 g/mol. The maximum atomic E-state index is 12.5. The Bertz CT molecular complexity index is 922. The van der Waals surface area contributed by atoms with Crippen molar-refractivity contribution in [1.82, 2.24) is 9.78 Å². The molecule has 146 valence electrons. The lowest BCUT2D eigenvalue weighted by Crippen LogP contribution is -2.18. The fourth-order valence-corrected chi connectivity index (χ4v) is 3.18. The van der Waals surface area contributed by atoms with Crippen LogP contribution >= 0.6 is 0 Å². The Labute approximate surface area is 165 Å². The highest BCUT2D eigenvalue weighted by atomic mass is 16.5. The number of hydrogen-bond acceptors (Lipinski definition) is 4. The van der Waals surface area contributed by atoms with Crippen LogP contribution in [0.5, 0.6) is 11.5 Å². The first-order chi connectivity index (χ1) is 13.6. The standard InChI is InChI=1S/C22H25N3O3/c1-16(17-8-5-4-6-9-17)14-21(26)24-20-12-13-23-25(20)15-18-10-7-11-19(27-2)22(18)28-3/h4-13,16H,14-15H2,1-3H3,(H,24,26). The predicted octanol–water partition coefficient (Wildman–Crippen LogP) is 4.08. The highest BCUT2D eigenvalue weighted by Crippen LogP contribution is 2.31.